The van der Waals surface area contributed by atoms with Crippen LogP contribution in [0, 0.1) is 29.6 Å². The van der Waals surface area contributed by atoms with Gasteiger partial charge in [-0.25, -0.2) is 0 Å². The van der Waals surface area contributed by atoms with Crippen molar-refractivity contribution in [3.8, 4) is 0 Å². The highest BCUT2D eigenvalue weighted by molar-refractivity contribution is 5.66. The van der Waals surface area contributed by atoms with Gasteiger partial charge in [-0.05, 0) is 68.4 Å². The normalized spacial score (nSPS) is 52.4. The van der Waals surface area contributed by atoms with E-state index in [9.17, 15) is 20.1 Å². The average Bonchev–Trinajstić information content (AvgIpc) is 3.86. The molecule has 8 fully saturated rings. The second kappa shape index (κ2) is 16.3. The van der Waals surface area contributed by atoms with Crippen molar-refractivity contribution in [2.24, 2.45) is 29.6 Å². The van der Waals surface area contributed by atoms with E-state index in [1.807, 2.05) is 25.2 Å². The Balaban J connectivity index is 0.851. The summed E-state index contributed by atoms with van der Waals surface area (Å²) in [5.41, 5.74) is 1.33. The van der Waals surface area contributed by atoms with Gasteiger partial charge in [-0.3, -0.25) is 10.1 Å². The Kier molecular flexibility index (Phi) is 11.8. The molecule has 9 aliphatic rings. The van der Waals surface area contributed by atoms with Gasteiger partial charge < -0.3 is 58.3 Å². The van der Waals surface area contributed by atoms with Crippen molar-refractivity contribution in [2.45, 2.75) is 215 Å². The van der Waals surface area contributed by atoms with Crippen molar-refractivity contribution in [2.75, 3.05) is 6.54 Å². The molecule has 5 N–H and O–H groups in total. The molecule has 0 aromatic heterocycles. The van der Waals surface area contributed by atoms with Gasteiger partial charge in [0.25, 0.3) is 0 Å². The van der Waals surface area contributed by atoms with Gasteiger partial charge in [0.15, 0.2) is 23.1 Å². The highest BCUT2D eigenvalue weighted by Gasteiger charge is 2.64. The van der Waals surface area contributed by atoms with Crippen LogP contribution in [-0.4, -0.2) is 123 Å². The van der Waals surface area contributed by atoms with Crippen LogP contribution in [0.1, 0.15) is 125 Å². The molecule has 0 radical (unpaired) electrons. The minimum atomic E-state index is -2.12. The molecule has 0 aromatic carbocycles. The topological polar surface area (TPSA) is 184 Å². The van der Waals surface area contributed by atoms with E-state index in [2.05, 4.69) is 46.5 Å². The molecule has 2 bridgehead atoms. The fourth-order valence-electron chi connectivity index (χ4n) is 12.8. The maximum atomic E-state index is 12.2. The Bertz CT molecular complexity index is 1740. The van der Waals surface area contributed by atoms with Gasteiger partial charge in [0.2, 0.25) is 0 Å². The number of carboxylic acids is 1. The molecule has 3 spiro atoms. The lowest BCUT2D eigenvalue weighted by Crippen LogP contribution is -2.61. The lowest BCUT2D eigenvalue weighted by Gasteiger charge is -2.53. The number of piperidine rings is 1. The minimum Gasteiger partial charge on any atom is -0.481 e. The van der Waals surface area contributed by atoms with Gasteiger partial charge in [-0.1, -0.05) is 58.9 Å². The summed E-state index contributed by atoms with van der Waals surface area (Å²) in [5.74, 6) is -5.06. The maximum absolute atomic E-state index is 12.2. The summed E-state index contributed by atoms with van der Waals surface area (Å²) in [7, 11) is 0. The summed E-state index contributed by atoms with van der Waals surface area (Å²) in [5, 5.41) is 48.4. The number of hydrogen-bond donors (Lipinski definition) is 5. The van der Waals surface area contributed by atoms with E-state index in [-0.39, 0.29) is 49.3 Å². The largest absolute Gasteiger partial charge is 0.481 e. The minimum absolute atomic E-state index is 0.0634. The Labute approximate surface area is 360 Å². The third kappa shape index (κ3) is 8.26. The van der Waals surface area contributed by atoms with Crippen molar-refractivity contribution in [3.63, 3.8) is 0 Å². The predicted octanol–water partition coefficient (Wildman–Crippen LogP) is 5.37. The van der Waals surface area contributed by atoms with Gasteiger partial charge in [0, 0.05) is 69.7 Å². The molecule has 0 aliphatic carbocycles. The molecule has 0 saturated carbocycles. The van der Waals surface area contributed by atoms with E-state index >= 15 is 0 Å². The molecule has 342 valence electrons. The number of allylic oxidation sites excluding steroid dienone is 1. The number of fused-ring (bicyclic) bond motifs is 5. The summed E-state index contributed by atoms with van der Waals surface area (Å²) >= 11 is 0. The zero-order chi connectivity index (χ0) is 43.3. The highest BCUT2D eigenvalue weighted by atomic mass is 16.8. The lowest BCUT2D eigenvalue weighted by molar-refractivity contribution is -0.367. The Hall–Kier alpha value is -1.79. The van der Waals surface area contributed by atoms with Crippen molar-refractivity contribution < 1.29 is 63.1 Å². The van der Waals surface area contributed by atoms with E-state index in [4.69, 9.17) is 43.0 Å². The fraction of sp³-hybridized carbons (Fsp3) is 0.851. The zero-order valence-corrected chi connectivity index (χ0v) is 37.0. The van der Waals surface area contributed by atoms with E-state index in [0.717, 1.165) is 31.4 Å². The number of hydrogen-bond acceptors (Lipinski definition) is 13. The quantitative estimate of drug-likeness (QED) is 0.187. The van der Waals surface area contributed by atoms with Crippen LogP contribution < -0.4 is 5.32 Å². The first kappa shape index (κ1) is 44.4. The number of aliphatic hydroxyl groups excluding tert-OH is 2. The van der Waals surface area contributed by atoms with E-state index in [1.165, 1.54) is 0 Å². The molecule has 0 amide bonds. The van der Waals surface area contributed by atoms with Crippen LogP contribution >= 0.6 is 0 Å². The summed E-state index contributed by atoms with van der Waals surface area (Å²) in [6.45, 7) is 18.2. The molecule has 61 heavy (non-hydrogen) atoms. The predicted molar refractivity (Wildman–Crippen MR) is 220 cm³/mol. The van der Waals surface area contributed by atoms with Crippen molar-refractivity contribution in [1.29, 1.82) is 0 Å². The van der Waals surface area contributed by atoms with Crippen LogP contribution in [0.15, 0.2) is 36.0 Å². The van der Waals surface area contributed by atoms with Gasteiger partial charge in [-0.2, -0.15) is 0 Å². The van der Waals surface area contributed by atoms with Gasteiger partial charge in [0.05, 0.1) is 48.8 Å². The van der Waals surface area contributed by atoms with Crippen LogP contribution in [0.25, 0.3) is 0 Å². The van der Waals surface area contributed by atoms with Crippen molar-refractivity contribution >= 4 is 5.97 Å². The molecule has 20 unspecified atom stereocenters. The van der Waals surface area contributed by atoms with Crippen LogP contribution in [0.5, 0.6) is 0 Å². The Morgan fingerprint density at radius 3 is 2.48 bits per heavy atom. The highest BCUT2D eigenvalue weighted by Crippen LogP contribution is 2.55. The summed E-state index contributed by atoms with van der Waals surface area (Å²) in [6, 6.07) is 0. The standard InChI is InChI=1S/C47H71NO13/c1-25-15-32(10-8-9-11-39(50)51)55-43(19-25)12-13-47(61-43)30(6)17-34-35(58-47)18-37(54-34)42(52)46(53)22-33(49)31(7)40(60-46)28(4)21-44-20-26(2)16-36(56-44)41-38(57-44)23-45(59-41)29(5)14-27(3)24-48-45/h8,10,19,26-27,29-38,40-42,48-49,52-53H,4,9,11-18,20-24H2,1-3,5-7H3,(H,50,51). The second-order valence-corrected chi connectivity index (χ2v) is 21.0. The van der Waals surface area contributed by atoms with Gasteiger partial charge >= 0.3 is 5.97 Å². The number of carbonyl (C=O) groups is 1. The van der Waals surface area contributed by atoms with Crippen LogP contribution in [0.2, 0.25) is 0 Å². The molecule has 0 aromatic rings. The fourth-order valence-corrected chi connectivity index (χ4v) is 12.8. The molecule has 20 atom stereocenters. The second-order valence-electron chi connectivity index (χ2n) is 21.0. The van der Waals surface area contributed by atoms with Crippen LogP contribution in [-0.2, 0) is 42.7 Å². The third-order valence-electron chi connectivity index (χ3n) is 15.8. The number of carboxylic acid groups (broad SMARTS) is 1. The third-order valence-corrected chi connectivity index (χ3v) is 15.8. The average molecular weight is 858 g/mol. The van der Waals surface area contributed by atoms with E-state index < -0.39 is 71.3 Å². The number of nitrogens with one attached hydrogen (secondary N) is 1. The lowest BCUT2D eigenvalue weighted by atomic mass is 9.78. The molecule has 9 heterocycles. The monoisotopic (exact) mass is 857 g/mol. The smallest absolute Gasteiger partial charge is 0.303 e. The molecule has 9 rings (SSSR count). The van der Waals surface area contributed by atoms with E-state index in [1.54, 1.807) is 0 Å². The number of aliphatic carboxylic acids is 1. The Morgan fingerprint density at radius 2 is 1.70 bits per heavy atom. The molecule has 9 aliphatic heterocycles. The molecule has 14 nitrogen and oxygen atoms in total. The first-order valence-electron chi connectivity index (χ1n) is 23.3. The maximum Gasteiger partial charge on any atom is 0.303 e. The summed E-state index contributed by atoms with van der Waals surface area (Å²) < 4.78 is 53.8. The summed E-state index contributed by atoms with van der Waals surface area (Å²) in [4.78, 5) is 11.0. The number of aliphatic hydroxyl groups is 3. The van der Waals surface area contributed by atoms with Crippen molar-refractivity contribution in [3.05, 3.63) is 36.0 Å². The number of ether oxygens (including phenoxy) is 8. The van der Waals surface area contributed by atoms with E-state index in [0.29, 0.717) is 74.7 Å². The SMILES string of the molecule is C=C(CC12CC(C)CC(O1)C1OC3(CC1O2)NCC(C)CC3C)C1OC(O)(C(O)C2CC3OC4(CCC5(C=C(C)CC(C=CCCC(=O)O)O5)O4)C(C)CC3O2)CC(O)C1C. The summed E-state index contributed by atoms with van der Waals surface area (Å²) in [6.07, 6.45) is 7.11. The van der Waals surface area contributed by atoms with Crippen molar-refractivity contribution in [1.82, 2.24) is 5.32 Å². The Morgan fingerprint density at radius 1 is 0.918 bits per heavy atom. The van der Waals surface area contributed by atoms with Gasteiger partial charge in [-0.15, -0.1) is 0 Å². The molecular formula is C47H71NO13. The molecule has 14 heteroatoms. The van der Waals surface area contributed by atoms with Crippen LogP contribution in [0.4, 0.5) is 0 Å². The van der Waals surface area contributed by atoms with Gasteiger partial charge in [0.1, 0.15) is 17.9 Å². The first-order chi connectivity index (χ1) is 28.8. The number of rotatable bonds is 9. The first-order valence-corrected chi connectivity index (χ1v) is 23.3. The van der Waals surface area contributed by atoms with Crippen LogP contribution in [0.3, 0.4) is 0 Å². The molecular weight excluding hydrogens is 787 g/mol. The zero-order valence-electron chi connectivity index (χ0n) is 37.0. The molecule has 8 saturated heterocycles.